The number of aromatic nitrogens is 2. The number of hydrogen-bond donors (Lipinski definition) is 2. The number of hydrogen-bond acceptors (Lipinski definition) is 5. The highest BCUT2D eigenvalue weighted by Crippen LogP contribution is 2.33. The number of benzene rings is 2. The Hall–Kier alpha value is -3.19. The van der Waals surface area contributed by atoms with Gasteiger partial charge in [-0.1, -0.05) is 31.5 Å². The van der Waals surface area contributed by atoms with E-state index in [1.165, 1.54) is 24.5 Å². The topological polar surface area (TPSA) is 76.1 Å². The Labute approximate surface area is 185 Å². The second-order valence-electron chi connectivity index (χ2n) is 7.30. The predicted molar refractivity (Wildman–Crippen MR) is 123 cm³/mol. The first-order chi connectivity index (χ1) is 14.9. The molecule has 1 heterocycles. The quantitative estimate of drug-likeness (QED) is 0.412. The molecule has 0 bridgehead atoms. The van der Waals surface area contributed by atoms with E-state index in [0.717, 1.165) is 6.42 Å². The molecule has 162 valence electrons. The SMILES string of the molecule is CCOc1cc2ncnc(Nc3ccc(F)c(Cl)c3)c2cc1NC(=O)/C=C/CC(C)C. The van der Waals surface area contributed by atoms with E-state index in [9.17, 15) is 9.18 Å². The van der Waals surface area contributed by atoms with Gasteiger partial charge in [0.05, 0.1) is 22.8 Å². The summed E-state index contributed by atoms with van der Waals surface area (Å²) in [4.78, 5) is 21.0. The van der Waals surface area contributed by atoms with E-state index in [-0.39, 0.29) is 10.9 Å². The lowest BCUT2D eigenvalue weighted by Gasteiger charge is -2.14. The maximum absolute atomic E-state index is 13.5. The van der Waals surface area contributed by atoms with Gasteiger partial charge in [-0.2, -0.15) is 0 Å². The summed E-state index contributed by atoms with van der Waals surface area (Å²) in [7, 11) is 0. The summed E-state index contributed by atoms with van der Waals surface area (Å²) in [6, 6.07) is 7.81. The number of carbonyl (C=O) groups is 1. The average molecular weight is 443 g/mol. The lowest BCUT2D eigenvalue weighted by molar-refractivity contribution is -0.111. The first kappa shape index (κ1) is 22.5. The predicted octanol–water partition coefficient (Wildman–Crippen LogP) is 6.11. The molecule has 0 fully saturated rings. The summed E-state index contributed by atoms with van der Waals surface area (Å²) >= 11 is 5.88. The van der Waals surface area contributed by atoms with Gasteiger partial charge in [0.1, 0.15) is 23.7 Å². The molecule has 8 heteroatoms. The van der Waals surface area contributed by atoms with Gasteiger partial charge in [0.2, 0.25) is 5.91 Å². The normalized spacial score (nSPS) is 11.3. The van der Waals surface area contributed by atoms with Crippen LogP contribution in [0.4, 0.5) is 21.6 Å². The molecule has 31 heavy (non-hydrogen) atoms. The molecule has 0 saturated heterocycles. The fourth-order valence-electron chi connectivity index (χ4n) is 2.89. The van der Waals surface area contributed by atoms with E-state index < -0.39 is 5.82 Å². The maximum Gasteiger partial charge on any atom is 0.248 e. The number of fused-ring (bicyclic) bond motifs is 1. The van der Waals surface area contributed by atoms with Crippen LogP contribution in [-0.4, -0.2) is 22.5 Å². The zero-order chi connectivity index (χ0) is 22.4. The van der Waals surface area contributed by atoms with Crippen LogP contribution in [0.15, 0.2) is 48.8 Å². The highest BCUT2D eigenvalue weighted by molar-refractivity contribution is 6.31. The Kier molecular flexibility index (Phi) is 7.41. The van der Waals surface area contributed by atoms with Gasteiger partial charge < -0.3 is 15.4 Å². The van der Waals surface area contributed by atoms with Gasteiger partial charge in [-0.3, -0.25) is 4.79 Å². The molecule has 0 aliphatic carbocycles. The monoisotopic (exact) mass is 442 g/mol. The van der Waals surface area contributed by atoms with E-state index in [2.05, 4.69) is 34.4 Å². The van der Waals surface area contributed by atoms with Gasteiger partial charge in [0, 0.05) is 17.1 Å². The lowest BCUT2D eigenvalue weighted by atomic mass is 10.1. The van der Waals surface area contributed by atoms with E-state index in [4.69, 9.17) is 16.3 Å². The first-order valence-electron chi connectivity index (χ1n) is 9.98. The van der Waals surface area contributed by atoms with Gasteiger partial charge in [-0.05, 0) is 49.6 Å². The summed E-state index contributed by atoms with van der Waals surface area (Å²) in [5, 5.41) is 6.65. The Morgan fingerprint density at radius 1 is 1.26 bits per heavy atom. The molecule has 6 nitrogen and oxygen atoms in total. The summed E-state index contributed by atoms with van der Waals surface area (Å²) in [5.74, 6) is 0.709. The van der Waals surface area contributed by atoms with Crippen LogP contribution in [0.25, 0.3) is 10.9 Å². The van der Waals surface area contributed by atoms with Crippen molar-refractivity contribution in [2.45, 2.75) is 27.2 Å². The third-order valence-electron chi connectivity index (χ3n) is 4.35. The number of rotatable bonds is 8. The van der Waals surface area contributed by atoms with E-state index in [1.807, 2.05) is 13.0 Å². The molecule has 1 aromatic heterocycles. The van der Waals surface area contributed by atoms with Crippen LogP contribution >= 0.6 is 11.6 Å². The molecule has 3 rings (SSSR count). The molecule has 0 saturated carbocycles. The zero-order valence-electron chi connectivity index (χ0n) is 17.6. The van der Waals surface area contributed by atoms with Crippen molar-refractivity contribution in [3.8, 4) is 5.75 Å². The number of nitrogens with zero attached hydrogens (tertiary/aromatic N) is 2. The second kappa shape index (κ2) is 10.2. The number of amides is 1. The molecule has 2 N–H and O–H groups in total. The molecule has 0 aliphatic rings. The first-order valence-corrected chi connectivity index (χ1v) is 10.4. The molecular weight excluding hydrogens is 419 g/mol. The van der Waals surface area contributed by atoms with Crippen molar-refractivity contribution in [1.82, 2.24) is 9.97 Å². The van der Waals surface area contributed by atoms with Crippen LogP contribution in [0.2, 0.25) is 5.02 Å². The van der Waals surface area contributed by atoms with Gasteiger partial charge in [-0.15, -0.1) is 0 Å². The van der Waals surface area contributed by atoms with Gasteiger partial charge in [0.25, 0.3) is 0 Å². The van der Waals surface area contributed by atoms with Crippen LogP contribution in [0, 0.1) is 11.7 Å². The third kappa shape index (κ3) is 5.92. The highest BCUT2D eigenvalue weighted by Gasteiger charge is 2.13. The smallest absolute Gasteiger partial charge is 0.248 e. The van der Waals surface area contributed by atoms with Crippen molar-refractivity contribution in [2.24, 2.45) is 5.92 Å². The van der Waals surface area contributed by atoms with Crippen molar-refractivity contribution in [3.05, 3.63) is 59.7 Å². The molecule has 3 aromatic rings. The minimum absolute atomic E-state index is 0.00290. The molecule has 0 aliphatic heterocycles. The van der Waals surface area contributed by atoms with E-state index in [0.29, 0.717) is 46.4 Å². The number of anilines is 3. The van der Waals surface area contributed by atoms with Crippen molar-refractivity contribution in [1.29, 1.82) is 0 Å². The Bertz CT molecular complexity index is 1120. The largest absolute Gasteiger partial charge is 0.492 e. The number of ether oxygens (including phenoxy) is 1. The fraction of sp³-hybridized carbons (Fsp3) is 0.261. The Balaban J connectivity index is 1.96. The van der Waals surface area contributed by atoms with Gasteiger partial charge in [-0.25, -0.2) is 14.4 Å². The van der Waals surface area contributed by atoms with Crippen LogP contribution in [0.5, 0.6) is 5.75 Å². The number of allylic oxidation sites excluding steroid dienone is 1. The molecule has 0 unspecified atom stereocenters. The van der Waals surface area contributed by atoms with Crippen LogP contribution < -0.4 is 15.4 Å². The summed E-state index contributed by atoms with van der Waals surface area (Å²) < 4.78 is 19.2. The lowest BCUT2D eigenvalue weighted by Crippen LogP contribution is -2.10. The maximum atomic E-state index is 13.5. The molecule has 0 atom stereocenters. The fourth-order valence-corrected chi connectivity index (χ4v) is 3.07. The molecule has 0 radical (unpaired) electrons. The van der Waals surface area contributed by atoms with Crippen molar-refractivity contribution in [3.63, 3.8) is 0 Å². The number of carbonyl (C=O) groups excluding carboxylic acids is 1. The highest BCUT2D eigenvalue weighted by atomic mass is 35.5. The summed E-state index contributed by atoms with van der Waals surface area (Å²) in [6.07, 6.45) is 5.58. The van der Waals surface area contributed by atoms with Gasteiger partial charge >= 0.3 is 0 Å². The minimum atomic E-state index is -0.503. The van der Waals surface area contributed by atoms with Crippen molar-refractivity contribution < 1.29 is 13.9 Å². The Morgan fingerprint density at radius 3 is 2.77 bits per heavy atom. The van der Waals surface area contributed by atoms with Crippen LogP contribution in [0.3, 0.4) is 0 Å². The molecule has 1 amide bonds. The zero-order valence-corrected chi connectivity index (χ0v) is 18.3. The van der Waals surface area contributed by atoms with Crippen LogP contribution in [0.1, 0.15) is 27.2 Å². The second-order valence-corrected chi connectivity index (χ2v) is 7.70. The Morgan fingerprint density at radius 2 is 2.06 bits per heavy atom. The number of halogens is 2. The molecule has 0 spiro atoms. The standard InChI is InChI=1S/C23H24ClFN4O2/c1-4-31-21-12-19-16(11-20(21)29-22(30)7-5-6-14(2)3)23(27-13-26-19)28-15-8-9-18(25)17(24)10-15/h5,7-14H,4,6H2,1-3H3,(H,29,30)(H,26,27,28)/b7-5+. The van der Waals surface area contributed by atoms with Crippen molar-refractivity contribution in [2.75, 3.05) is 17.2 Å². The van der Waals surface area contributed by atoms with E-state index in [1.54, 1.807) is 18.2 Å². The van der Waals surface area contributed by atoms with Crippen LogP contribution in [-0.2, 0) is 4.79 Å². The third-order valence-corrected chi connectivity index (χ3v) is 4.64. The summed E-state index contributed by atoms with van der Waals surface area (Å²) in [5.41, 5.74) is 1.70. The average Bonchev–Trinajstić information content (AvgIpc) is 2.71. The van der Waals surface area contributed by atoms with Gasteiger partial charge in [0.15, 0.2) is 0 Å². The number of nitrogens with one attached hydrogen (secondary N) is 2. The molecule has 2 aromatic carbocycles. The molecular formula is C23H24ClFN4O2. The minimum Gasteiger partial charge on any atom is -0.492 e. The summed E-state index contributed by atoms with van der Waals surface area (Å²) in [6.45, 7) is 6.47. The van der Waals surface area contributed by atoms with E-state index >= 15 is 0 Å². The van der Waals surface area contributed by atoms with Crippen molar-refractivity contribution >= 4 is 45.6 Å².